The van der Waals surface area contributed by atoms with Gasteiger partial charge >= 0.3 is 0 Å². The molecule has 1 aliphatic heterocycles. The Bertz CT molecular complexity index is 1030. The summed E-state index contributed by atoms with van der Waals surface area (Å²) in [6, 6.07) is 11.9. The molecule has 168 valence electrons. The van der Waals surface area contributed by atoms with E-state index in [1.54, 1.807) is 19.1 Å². The number of carbonyl (C=O) groups excluding carboxylic acids is 1. The monoisotopic (exact) mass is 446 g/mol. The molecule has 1 heterocycles. The normalized spacial score (nSPS) is 20.8. The van der Waals surface area contributed by atoms with Gasteiger partial charge in [0.15, 0.2) is 6.10 Å². The molecule has 1 N–H and O–H groups in total. The number of aryl methyl sites for hydroxylation is 1. The maximum Gasteiger partial charge on any atom is 0.265 e. The standard InChI is InChI=1S/C23H30N2O5S/c1-15-7-6-8-22(18(15)4)30-19(5)23(26)24-20-9-11-21(12-10-20)31(27,28)25-13-16(2)29-17(3)14-25/h6-12,16-17,19H,13-14H2,1-5H3,(H,24,26)/t16-,17+,19-/m1/s1. The van der Waals surface area contributed by atoms with Crippen molar-refractivity contribution < 1.29 is 22.7 Å². The Hall–Kier alpha value is -2.42. The fraction of sp³-hybridized carbons (Fsp3) is 0.435. The van der Waals surface area contributed by atoms with Crippen LogP contribution in [0.3, 0.4) is 0 Å². The second-order valence-electron chi connectivity index (χ2n) is 8.05. The number of ether oxygens (including phenoxy) is 2. The van der Waals surface area contributed by atoms with Gasteiger partial charge in [-0.25, -0.2) is 8.42 Å². The minimum atomic E-state index is -3.62. The fourth-order valence-electron chi connectivity index (χ4n) is 3.53. The number of nitrogens with one attached hydrogen (secondary N) is 1. The van der Waals surface area contributed by atoms with Crippen molar-refractivity contribution in [3.05, 3.63) is 53.6 Å². The van der Waals surface area contributed by atoms with Crippen LogP contribution in [0.15, 0.2) is 47.4 Å². The average Bonchev–Trinajstić information content (AvgIpc) is 2.71. The van der Waals surface area contributed by atoms with Gasteiger partial charge in [-0.3, -0.25) is 4.79 Å². The molecule has 1 fully saturated rings. The summed E-state index contributed by atoms with van der Waals surface area (Å²) < 4.78 is 38.8. The van der Waals surface area contributed by atoms with Crippen molar-refractivity contribution >= 4 is 21.6 Å². The Labute approximate surface area is 184 Å². The van der Waals surface area contributed by atoms with Gasteiger partial charge in [-0.05, 0) is 76.1 Å². The molecule has 3 rings (SSSR count). The van der Waals surface area contributed by atoms with Crippen LogP contribution in [-0.2, 0) is 19.6 Å². The van der Waals surface area contributed by atoms with Crippen molar-refractivity contribution in [2.75, 3.05) is 18.4 Å². The van der Waals surface area contributed by atoms with Crippen LogP contribution in [0, 0.1) is 13.8 Å². The molecule has 1 amide bonds. The molecule has 0 bridgehead atoms. The van der Waals surface area contributed by atoms with Gasteiger partial charge in [-0.1, -0.05) is 12.1 Å². The van der Waals surface area contributed by atoms with E-state index < -0.39 is 16.1 Å². The van der Waals surface area contributed by atoms with E-state index in [1.165, 1.54) is 16.4 Å². The number of anilines is 1. The van der Waals surface area contributed by atoms with Gasteiger partial charge in [0.2, 0.25) is 10.0 Å². The van der Waals surface area contributed by atoms with Crippen molar-refractivity contribution in [3.8, 4) is 5.75 Å². The van der Waals surface area contributed by atoms with Crippen molar-refractivity contribution in [2.24, 2.45) is 0 Å². The summed E-state index contributed by atoms with van der Waals surface area (Å²) in [5.41, 5.74) is 2.58. The number of rotatable bonds is 6. The molecule has 7 nitrogen and oxygen atoms in total. The third-order valence-electron chi connectivity index (χ3n) is 5.37. The zero-order valence-corrected chi connectivity index (χ0v) is 19.4. The third kappa shape index (κ3) is 5.44. The van der Waals surface area contributed by atoms with Crippen molar-refractivity contribution in [1.82, 2.24) is 4.31 Å². The molecule has 0 saturated carbocycles. The predicted octanol–water partition coefficient (Wildman–Crippen LogP) is 3.51. The molecule has 31 heavy (non-hydrogen) atoms. The minimum absolute atomic E-state index is 0.157. The largest absolute Gasteiger partial charge is 0.481 e. The van der Waals surface area contributed by atoms with Crippen LogP contribution in [0.2, 0.25) is 0 Å². The number of amides is 1. The van der Waals surface area contributed by atoms with E-state index in [0.717, 1.165) is 11.1 Å². The predicted molar refractivity (Wildman–Crippen MR) is 120 cm³/mol. The van der Waals surface area contributed by atoms with Crippen LogP contribution in [0.5, 0.6) is 5.75 Å². The topological polar surface area (TPSA) is 84.9 Å². The number of sulfonamides is 1. The lowest BCUT2D eigenvalue weighted by molar-refractivity contribution is -0.122. The Morgan fingerprint density at radius 2 is 1.71 bits per heavy atom. The number of hydrogen-bond acceptors (Lipinski definition) is 5. The van der Waals surface area contributed by atoms with E-state index in [1.807, 2.05) is 45.9 Å². The summed E-state index contributed by atoms with van der Waals surface area (Å²) in [7, 11) is -3.62. The van der Waals surface area contributed by atoms with E-state index in [2.05, 4.69) is 5.32 Å². The highest BCUT2D eigenvalue weighted by Gasteiger charge is 2.32. The summed E-state index contributed by atoms with van der Waals surface area (Å²) >= 11 is 0. The number of carbonyl (C=O) groups is 1. The highest BCUT2D eigenvalue weighted by Crippen LogP contribution is 2.24. The van der Waals surface area contributed by atoms with Crippen molar-refractivity contribution in [1.29, 1.82) is 0 Å². The first-order valence-electron chi connectivity index (χ1n) is 10.4. The third-order valence-corrected chi connectivity index (χ3v) is 7.22. The number of nitrogens with zero attached hydrogens (tertiary/aromatic N) is 1. The molecular formula is C23H30N2O5S. The summed E-state index contributed by atoms with van der Waals surface area (Å²) in [4.78, 5) is 12.7. The maximum absolute atomic E-state index is 12.9. The van der Waals surface area contributed by atoms with Crippen LogP contribution in [0.4, 0.5) is 5.69 Å². The maximum atomic E-state index is 12.9. The smallest absolute Gasteiger partial charge is 0.265 e. The quantitative estimate of drug-likeness (QED) is 0.734. The van der Waals surface area contributed by atoms with Gasteiger partial charge in [0.25, 0.3) is 5.91 Å². The summed E-state index contributed by atoms with van der Waals surface area (Å²) in [6.45, 7) is 9.97. The van der Waals surface area contributed by atoms with E-state index in [4.69, 9.17) is 9.47 Å². The van der Waals surface area contributed by atoms with Crippen molar-refractivity contribution in [3.63, 3.8) is 0 Å². The average molecular weight is 447 g/mol. The number of morpholine rings is 1. The molecule has 0 aliphatic carbocycles. The summed E-state index contributed by atoms with van der Waals surface area (Å²) in [5.74, 6) is 0.352. The Morgan fingerprint density at radius 3 is 2.32 bits per heavy atom. The Balaban J connectivity index is 1.66. The van der Waals surface area contributed by atoms with Crippen LogP contribution in [-0.4, -0.2) is 50.0 Å². The molecule has 1 saturated heterocycles. The molecule has 8 heteroatoms. The second-order valence-corrected chi connectivity index (χ2v) is 9.99. The van der Waals surface area contributed by atoms with Gasteiger partial charge in [0.1, 0.15) is 5.75 Å². The van der Waals surface area contributed by atoms with Crippen molar-refractivity contribution in [2.45, 2.75) is 57.8 Å². The fourth-order valence-corrected chi connectivity index (χ4v) is 5.12. The molecule has 0 aromatic heterocycles. The zero-order valence-electron chi connectivity index (χ0n) is 18.6. The van der Waals surface area contributed by atoms with Crippen LogP contribution in [0.1, 0.15) is 31.9 Å². The first kappa shape index (κ1) is 23.2. The SMILES string of the molecule is Cc1cccc(O[C@H](C)C(=O)Nc2ccc(S(=O)(=O)N3C[C@@H](C)O[C@@H](C)C3)cc2)c1C. The van der Waals surface area contributed by atoms with Gasteiger partial charge in [0, 0.05) is 18.8 Å². The molecular weight excluding hydrogens is 416 g/mol. The molecule has 0 spiro atoms. The van der Waals surface area contributed by atoms with Gasteiger partial charge in [0.05, 0.1) is 17.1 Å². The number of benzene rings is 2. The molecule has 2 aromatic rings. The summed E-state index contributed by atoms with van der Waals surface area (Å²) in [5, 5.41) is 2.78. The van der Waals surface area contributed by atoms with Gasteiger partial charge < -0.3 is 14.8 Å². The molecule has 0 radical (unpaired) electrons. The van der Waals surface area contributed by atoms with E-state index >= 15 is 0 Å². The second kappa shape index (κ2) is 9.38. The molecule has 0 unspecified atom stereocenters. The lowest BCUT2D eigenvalue weighted by atomic mass is 10.1. The van der Waals surface area contributed by atoms with Gasteiger partial charge in [-0.2, -0.15) is 4.31 Å². The number of hydrogen-bond donors (Lipinski definition) is 1. The van der Waals surface area contributed by atoms with Gasteiger partial charge in [-0.15, -0.1) is 0 Å². The highest BCUT2D eigenvalue weighted by molar-refractivity contribution is 7.89. The first-order chi connectivity index (χ1) is 14.6. The zero-order chi connectivity index (χ0) is 22.8. The Kier molecular flexibility index (Phi) is 7.03. The summed E-state index contributed by atoms with van der Waals surface area (Å²) in [6.07, 6.45) is -1.02. The minimum Gasteiger partial charge on any atom is -0.481 e. The van der Waals surface area contributed by atoms with Crippen LogP contribution < -0.4 is 10.1 Å². The van der Waals surface area contributed by atoms with E-state index in [0.29, 0.717) is 24.5 Å². The van der Waals surface area contributed by atoms with E-state index in [-0.39, 0.29) is 23.0 Å². The molecule has 1 aliphatic rings. The van der Waals surface area contributed by atoms with E-state index in [9.17, 15) is 13.2 Å². The lowest BCUT2D eigenvalue weighted by Gasteiger charge is -2.34. The Morgan fingerprint density at radius 1 is 1.10 bits per heavy atom. The molecule has 3 atom stereocenters. The van der Waals surface area contributed by atoms with Crippen LogP contribution >= 0.6 is 0 Å². The lowest BCUT2D eigenvalue weighted by Crippen LogP contribution is -2.48. The highest BCUT2D eigenvalue weighted by atomic mass is 32.2. The molecule has 2 aromatic carbocycles. The first-order valence-corrected chi connectivity index (χ1v) is 11.8. The van der Waals surface area contributed by atoms with Crippen LogP contribution in [0.25, 0.3) is 0 Å².